The molecule has 3 aromatic rings. The number of fused-ring (bicyclic) bond motifs is 1. The molecule has 0 aliphatic heterocycles. The zero-order valence-electron chi connectivity index (χ0n) is 13.0. The third-order valence-corrected chi connectivity index (χ3v) is 4.26. The fraction of sp³-hybridized carbons (Fsp3) is 0.429. The lowest BCUT2D eigenvalue weighted by Crippen LogP contribution is -2.22. The van der Waals surface area contributed by atoms with Crippen LogP contribution < -0.4 is 5.56 Å². The maximum atomic E-state index is 12.0. The molecule has 0 N–H and O–H groups in total. The number of rotatable bonds is 4. The van der Waals surface area contributed by atoms with E-state index in [-0.39, 0.29) is 5.56 Å². The molecule has 0 amide bonds. The standard InChI is InChI=1S/C14H17N5O2S/c1-8-12(9(2)21-17-8)7-18(4)6-11-5-13(20)19-14(15-11)22-10(3)16-19/h5H,6-7H2,1-4H3. The van der Waals surface area contributed by atoms with Gasteiger partial charge in [-0.15, -0.1) is 0 Å². The monoisotopic (exact) mass is 319 g/mol. The Morgan fingerprint density at radius 3 is 2.77 bits per heavy atom. The van der Waals surface area contributed by atoms with E-state index in [0.29, 0.717) is 18.1 Å². The first-order valence-corrected chi connectivity index (χ1v) is 7.72. The van der Waals surface area contributed by atoms with Crippen molar-refractivity contribution in [3.05, 3.63) is 44.1 Å². The Labute approximate surface area is 131 Å². The summed E-state index contributed by atoms with van der Waals surface area (Å²) in [4.78, 5) is 19.3. The van der Waals surface area contributed by atoms with Gasteiger partial charge in [-0.2, -0.15) is 9.61 Å². The van der Waals surface area contributed by atoms with Crippen molar-refractivity contribution >= 4 is 16.3 Å². The SMILES string of the molecule is Cc1nn2c(=O)cc(CN(C)Cc3c(C)noc3C)nc2s1. The summed E-state index contributed by atoms with van der Waals surface area (Å²) in [6.45, 7) is 6.97. The van der Waals surface area contributed by atoms with Crippen molar-refractivity contribution in [3.8, 4) is 0 Å². The van der Waals surface area contributed by atoms with Crippen LogP contribution in [0.5, 0.6) is 0 Å². The Bertz CT molecular complexity index is 860. The van der Waals surface area contributed by atoms with Crippen molar-refractivity contribution < 1.29 is 4.52 Å². The van der Waals surface area contributed by atoms with E-state index in [1.54, 1.807) is 0 Å². The van der Waals surface area contributed by atoms with Gasteiger partial charge in [-0.05, 0) is 27.8 Å². The number of nitrogens with zero attached hydrogens (tertiary/aromatic N) is 5. The maximum absolute atomic E-state index is 12.0. The van der Waals surface area contributed by atoms with Crippen molar-refractivity contribution in [3.63, 3.8) is 0 Å². The van der Waals surface area contributed by atoms with Gasteiger partial charge in [-0.3, -0.25) is 9.69 Å². The molecule has 0 spiro atoms. The molecule has 0 saturated carbocycles. The zero-order valence-corrected chi connectivity index (χ0v) is 13.8. The van der Waals surface area contributed by atoms with Crippen LogP contribution in [0.15, 0.2) is 15.4 Å². The van der Waals surface area contributed by atoms with Gasteiger partial charge >= 0.3 is 0 Å². The Morgan fingerprint density at radius 2 is 2.09 bits per heavy atom. The van der Waals surface area contributed by atoms with Crippen molar-refractivity contribution in [1.82, 2.24) is 24.7 Å². The normalized spacial score (nSPS) is 11.7. The van der Waals surface area contributed by atoms with Crippen LogP contribution in [-0.2, 0) is 13.1 Å². The van der Waals surface area contributed by atoms with Crippen LogP contribution in [0.2, 0.25) is 0 Å². The predicted molar refractivity (Wildman–Crippen MR) is 83.0 cm³/mol. The molecular formula is C14H17N5O2S. The number of aryl methyl sites for hydroxylation is 3. The summed E-state index contributed by atoms with van der Waals surface area (Å²) < 4.78 is 6.52. The lowest BCUT2D eigenvalue weighted by atomic mass is 10.2. The second-order valence-electron chi connectivity index (χ2n) is 5.38. The van der Waals surface area contributed by atoms with Crippen molar-refractivity contribution in [1.29, 1.82) is 0 Å². The van der Waals surface area contributed by atoms with Crippen LogP contribution in [0.3, 0.4) is 0 Å². The third-order valence-electron chi connectivity index (χ3n) is 3.44. The number of hydrogen-bond donors (Lipinski definition) is 0. The minimum Gasteiger partial charge on any atom is -0.361 e. The zero-order chi connectivity index (χ0) is 15.9. The van der Waals surface area contributed by atoms with E-state index in [9.17, 15) is 4.79 Å². The van der Waals surface area contributed by atoms with Gasteiger partial charge in [0.15, 0.2) is 0 Å². The summed E-state index contributed by atoms with van der Waals surface area (Å²) in [5.41, 5.74) is 2.57. The summed E-state index contributed by atoms with van der Waals surface area (Å²) >= 11 is 1.42. The molecule has 0 bridgehead atoms. The lowest BCUT2D eigenvalue weighted by molar-refractivity contribution is 0.311. The second kappa shape index (κ2) is 5.62. The van der Waals surface area contributed by atoms with Crippen LogP contribution in [0.4, 0.5) is 0 Å². The van der Waals surface area contributed by atoms with E-state index in [1.165, 1.54) is 21.9 Å². The van der Waals surface area contributed by atoms with Gasteiger partial charge in [0.1, 0.15) is 10.8 Å². The summed E-state index contributed by atoms with van der Waals surface area (Å²) in [6.07, 6.45) is 0. The smallest absolute Gasteiger partial charge is 0.275 e. The van der Waals surface area contributed by atoms with Crippen LogP contribution in [0.1, 0.15) is 27.7 Å². The fourth-order valence-corrected chi connectivity index (χ4v) is 3.13. The number of aromatic nitrogens is 4. The summed E-state index contributed by atoms with van der Waals surface area (Å²) in [5.74, 6) is 0.825. The highest BCUT2D eigenvalue weighted by Gasteiger charge is 2.13. The Kier molecular flexibility index (Phi) is 3.79. The highest BCUT2D eigenvalue weighted by molar-refractivity contribution is 7.16. The third kappa shape index (κ3) is 2.79. The minimum absolute atomic E-state index is 0.143. The van der Waals surface area contributed by atoms with Gasteiger partial charge < -0.3 is 4.52 Å². The summed E-state index contributed by atoms with van der Waals surface area (Å²) in [5, 5.41) is 8.92. The Morgan fingerprint density at radius 1 is 1.32 bits per heavy atom. The number of hydrogen-bond acceptors (Lipinski definition) is 7. The largest absolute Gasteiger partial charge is 0.361 e. The first kappa shape index (κ1) is 14.9. The van der Waals surface area contributed by atoms with Crippen molar-refractivity contribution in [2.75, 3.05) is 7.05 Å². The van der Waals surface area contributed by atoms with Crippen LogP contribution in [-0.4, -0.2) is 31.7 Å². The van der Waals surface area contributed by atoms with E-state index in [1.807, 2.05) is 27.8 Å². The van der Waals surface area contributed by atoms with Gasteiger partial charge in [-0.25, -0.2) is 4.98 Å². The van der Waals surface area contributed by atoms with Gasteiger partial charge in [0.05, 0.1) is 11.4 Å². The predicted octanol–water partition coefficient (Wildman–Crippen LogP) is 1.70. The van der Waals surface area contributed by atoms with E-state index in [4.69, 9.17) is 4.52 Å². The van der Waals surface area contributed by atoms with E-state index < -0.39 is 0 Å². The Hall–Kier alpha value is -2.06. The first-order valence-electron chi connectivity index (χ1n) is 6.90. The highest BCUT2D eigenvalue weighted by Crippen LogP contribution is 2.16. The molecule has 0 radical (unpaired) electrons. The minimum atomic E-state index is -0.143. The van der Waals surface area contributed by atoms with E-state index >= 15 is 0 Å². The molecular weight excluding hydrogens is 302 g/mol. The molecule has 0 aromatic carbocycles. The molecule has 0 fully saturated rings. The van der Waals surface area contributed by atoms with Crippen LogP contribution in [0.25, 0.3) is 4.96 Å². The van der Waals surface area contributed by atoms with Crippen LogP contribution >= 0.6 is 11.3 Å². The Balaban J connectivity index is 1.82. The van der Waals surface area contributed by atoms with Gasteiger partial charge in [0.25, 0.3) is 5.56 Å². The highest BCUT2D eigenvalue weighted by atomic mass is 32.1. The van der Waals surface area contributed by atoms with E-state index in [0.717, 1.165) is 27.7 Å². The molecule has 0 aliphatic rings. The summed E-state index contributed by atoms with van der Waals surface area (Å²) in [6, 6.07) is 1.54. The van der Waals surface area contributed by atoms with Gasteiger partial charge in [-0.1, -0.05) is 16.5 Å². The van der Waals surface area contributed by atoms with Gasteiger partial charge in [0.2, 0.25) is 4.96 Å². The van der Waals surface area contributed by atoms with Gasteiger partial charge in [0, 0.05) is 24.7 Å². The molecule has 0 unspecified atom stereocenters. The molecule has 3 aromatic heterocycles. The maximum Gasteiger partial charge on any atom is 0.275 e. The molecule has 0 saturated heterocycles. The molecule has 0 atom stereocenters. The molecule has 0 aliphatic carbocycles. The molecule has 7 nitrogen and oxygen atoms in total. The van der Waals surface area contributed by atoms with Crippen LogP contribution in [0, 0.1) is 20.8 Å². The average molecular weight is 319 g/mol. The molecule has 22 heavy (non-hydrogen) atoms. The van der Waals surface area contributed by atoms with Crippen molar-refractivity contribution in [2.45, 2.75) is 33.9 Å². The molecule has 116 valence electrons. The quantitative estimate of drug-likeness (QED) is 0.728. The topological polar surface area (TPSA) is 76.5 Å². The lowest BCUT2D eigenvalue weighted by Gasteiger charge is -2.15. The molecule has 3 heterocycles. The average Bonchev–Trinajstić information content (AvgIpc) is 2.95. The van der Waals surface area contributed by atoms with E-state index in [2.05, 4.69) is 20.1 Å². The second-order valence-corrected chi connectivity index (χ2v) is 6.54. The molecule has 3 rings (SSSR count). The fourth-order valence-electron chi connectivity index (χ4n) is 2.36. The summed E-state index contributed by atoms with van der Waals surface area (Å²) in [7, 11) is 1.98. The first-order chi connectivity index (χ1) is 10.4. The van der Waals surface area contributed by atoms with Crippen molar-refractivity contribution in [2.24, 2.45) is 0 Å². The molecule has 8 heteroatoms.